The summed E-state index contributed by atoms with van der Waals surface area (Å²) in [4.78, 5) is 4.25. The molecule has 1 aromatic heterocycles. The zero-order valence-electron chi connectivity index (χ0n) is 9.95. The third kappa shape index (κ3) is 3.68. The van der Waals surface area contributed by atoms with E-state index in [1.807, 2.05) is 17.8 Å². The van der Waals surface area contributed by atoms with Crippen LogP contribution in [0.25, 0.3) is 0 Å². The molecule has 3 N–H and O–H groups in total. The number of rotatable bonds is 3. The zero-order chi connectivity index (χ0) is 12.3. The van der Waals surface area contributed by atoms with Crippen LogP contribution in [0, 0.1) is 0 Å². The van der Waals surface area contributed by atoms with Gasteiger partial charge in [0.2, 0.25) is 0 Å². The molecule has 0 spiro atoms. The minimum absolute atomic E-state index is 0.449. The van der Waals surface area contributed by atoms with Gasteiger partial charge in [-0.15, -0.1) is 0 Å². The van der Waals surface area contributed by atoms with Crippen LogP contribution in [0.1, 0.15) is 25.7 Å². The summed E-state index contributed by atoms with van der Waals surface area (Å²) >= 11 is 7.84. The summed E-state index contributed by atoms with van der Waals surface area (Å²) < 4.78 is 0. The van der Waals surface area contributed by atoms with Crippen molar-refractivity contribution >= 4 is 34.9 Å². The van der Waals surface area contributed by atoms with Crippen molar-refractivity contribution in [2.45, 2.75) is 37.0 Å². The van der Waals surface area contributed by atoms with Gasteiger partial charge in [-0.1, -0.05) is 18.0 Å². The summed E-state index contributed by atoms with van der Waals surface area (Å²) in [5, 5.41) is 4.65. The highest BCUT2D eigenvalue weighted by Gasteiger charge is 2.21. The first-order valence-electron chi connectivity index (χ1n) is 5.90. The molecule has 3 nitrogen and oxygen atoms in total. The molecule has 17 heavy (non-hydrogen) atoms. The SMILES string of the molecule is CSC1CCCC(Nc2cc(N)cc(Cl)n2)C1. The maximum Gasteiger partial charge on any atom is 0.133 e. The molecule has 1 aliphatic rings. The summed E-state index contributed by atoms with van der Waals surface area (Å²) in [7, 11) is 0. The molecule has 0 aromatic carbocycles. The highest BCUT2D eigenvalue weighted by Crippen LogP contribution is 2.29. The van der Waals surface area contributed by atoms with Gasteiger partial charge in [-0.2, -0.15) is 11.8 Å². The van der Waals surface area contributed by atoms with Crippen molar-refractivity contribution in [2.75, 3.05) is 17.3 Å². The molecule has 0 aliphatic heterocycles. The van der Waals surface area contributed by atoms with E-state index in [-0.39, 0.29) is 0 Å². The highest BCUT2D eigenvalue weighted by molar-refractivity contribution is 7.99. The van der Waals surface area contributed by atoms with Gasteiger partial charge < -0.3 is 11.1 Å². The summed E-state index contributed by atoms with van der Waals surface area (Å²) in [5.74, 6) is 0.793. The molecule has 2 atom stereocenters. The molecule has 5 heteroatoms. The predicted octanol–water partition coefficient (Wildman–Crippen LogP) is 3.40. The lowest BCUT2D eigenvalue weighted by Gasteiger charge is -2.29. The van der Waals surface area contributed by atoms with Crippen LogP contribution in [0.2, 0.25) is 5.15 Å². The maximum absolute atomic E-state index is 5.89. The van der Waals surface area contributed by atoms with Crippen molar-refractivity contribution in [3.63, 3.8) is 0 Å². The van der Waals surface area contributed by atoms with Crippen molar-refractivity contribution in [3.05, 3.63) is 17.3 Å². The molecule has 1 fully saturated rings. The second-order valence-electron chi connectivity index (χ2n) is 4.47. The predicted molar refractivity (Wildman–Crippen MR) is 76.8 cm³/mol. The Morgan fingerprint density at radius 1 is 1.47 bits per heavy atom. The monoisotopic (exact) mass is 271 g/mol. The Morgan fingerprint density at radius 3 is 3.00 bits per heavy atom. The first-order valence-corrected chi connectivity index (χ1v) is 7.56. The van der Waals surface area contributed by atoms with Crippen LogP contribution in [0.5, 0.6) is 0 Å². The molecule has 0 bridgehead atoms. The van der Waals surface area contributed by atoms with Crippen molar-refractivity contribution in [3.8, 4) is 0 Å². The fourth-order valence-corrected chi connectivity index (χ4v) is 3.33. The minimum Gasteiger partial charge on any atom is -0.399 e. The van der Waals surface area contributed by atoms with Gasteiger partial charge in [-0.3, -0.25) is 0 Å². The van der Waals surface area contributed by atoms with E-state index < -0.39 is 0 Å². The van der Waals surface area contributed by atoms with E-state index in [9.17, 15) is 0 Å². The molecule has 1 aromatic rings. The average Bonchev–Trinajstić information content (AvgIpc) is 2.28. The van der Waals surface area contributed by atoms with E-state index in [0.717, 1.165) is 11.1 Å². The number of anilines is 2. The van der Waals surface area contributed by atoms with E-state index in [1.54, 1.807) is 6.07 Å². The van der Waals surface area contributed by atoms with Crippen molar-refractivity contribution in [1.29, 1.82) is 0 Å². The number of hydrogen-bond acceptors (Lipinski definition) is 4. The number of nitrogen functional groups attached to an aromatic ring is 1. The minimum atomic E-state index is 0.449. The Kier molecular flexibility index (Phi) is 4.40. The van der Waals surface area contributed by atoms with Crippen LogP contribution in [-0.2, 0) is 0 Å². The van der Waals surface area contributed by atoms with E-state index in [2.05, 4.69) is 16.6 Å². The molecule has 2 unspecified atom stereocenters. The van der Waals surface area contributed by atoms with Crippen molar-refractivity contribution < 1.29 is 0 Å². The van der Waals surface area contributed by atoms with Gasteiger partial charge in [-0.25, -0.2) is 4.98 Å². The van der Waals surface area contributed by atoms with Gasteiger partial charge in [-0.05, 0) is 31.6 Å². The number of nitrogens with two attached hydrogens (primary N) is 1. The molecule has 1 aliphatic carbocycles. The topological polar surface area (TPSA) is 50.9 Å². The van der Waals surface area contributed by atoms with Crippen LogP contribution in [-0.4, -0.2) is 22.5 Å². The Morgan fingerprint density at radius 2 is 2.29 bits per heavy atom. The lowest BCUT2D eigenvalue weighted by molar-refractivity contribution is 0.473. The molecule has 0 amide bonds. The first kappa shape index (κ1) is 12.8. The van der Waals surface area contributed by atoms with Gasteiger partial charge in [0.1, 0.15) is 11.0 Å². The van der Waals surface area contributed by atoms with Gasteiger partial charge in [0.25, 0.3) is 0 Å². The van der Waals surface area contributed by atoms with Gasteiger partial charge in [0.15, 0.2) is 0 Å². The van der Waals surface area contributed by atoms with Crippen LogP contribution in [0.3, 0.4) is 0 Å². The average molecular weight is 272 g/mol. The number of nitrogens with zero attached hydrogens (tertiary/aromatic N) is 1. The van der Waals surface area contributed by atoms with Gasteiger partial charge >= 0.3 is 0 Å². The number of aromatic nitrogens is 1. The van der Waals surface area contributed by atoms with Gasteiger partial charge in [0, 0.05) is 23.0 Å². The zero-order valence-corrected chi connectivity index (χ0v) is 11.5. The van der Waals surface area contributed by atoms with Crippen LogP contribution in [0.15, 0.2) is 12.1 Å². The van der Waals surface area contributed by atoms with Crippen LogP contribution in [0.4, 0.5) is 11.5 Å². The van der Waals surface area contributed by atoms with E-state index in [0.29, 0.717) is 16.9 Å². The molecule has 1 saturated carbocycles. The Bertz CT molecular complexity index is 366. The van der Waals surface area contributed by atoms with E-state index >= 15 is 0 Å². The Balaban J connectivity index is 2.00. The molecule has 1 heterocycles. The summed E-state index contributed by atoms with van der Waals surface area (Å²) in [5.41, 5.74) is 6.41. The molecular formula is C12H18ClN3S. The second kappa shape index (κ2) is 5.83. The maximum atomic E-state index is 5.89. The molecule has 94 valence electrons. The largest absolute Gasteiger partial charge is 0.399 e. The molecular weight excluding hydrogens is 254 g/mol. The second-order valence-corrected chi connectivity index (χ2v) is 6.00. The molecule has 0 saturated heterocycles. The van der Waals surface area contributed by atoms with Crippen LogP contribution >= 0.6 is 23.4 Å². The number of pyridine rings is 1. The summed E-state index contributed by atoms with van der Waals surface area (Å²) in [6.07, 6.45) is 7.17. The number of thioether (sulfide) groups is 1. The Labute approximate surface area is 112 Å². The third-order valence-corrected chi connectivity index (χ3v) is 4.42. The van der Waals surface area contributed by atoms with Crippen molar-refractivity contribution in [1.82, 2.24) is 4.98 Å². The Hall–Kier alpha value is -0.610. The summed E-state index contributed by atoms with van der Waals surface area (Å²) in [6, 6.07) is 4.00. The standard InChI is InChI=1S/C12H18ClN3S/c1-17-10-4-2-3-9(7-10)15-12-6-8(14)5-11(13)16-12/h5-6,9-10H,2-4,7H2,1H3,(H3,14,15,16). The summed E-state index contributed by atoms with van der Waals surface area (Å²) in [6.45, 7) is 0. The fraction of sp³-hybridized carbons (Fsp3) is 0.583. The van der Waals surface area contributed by atoms with E-state index in [4.69, 9.17) is 17.3 Å². The van der Waals surface area contributed by atoms with Gasteiger partial charge in [0.05, 0.1) is 0 Å². The van der Waals surface area contributed by atoms with Crippen molar-refractivity contribution in [2.24, 2.45) is 0 Å². The lowest BCUT2D eigenvalue weighted by atomic mass is 9.95. The third-order valence-electron chi connectivity index (χ3n) is 3.13. The number of nitrogens with one attached hydrogen (secondary N) is 1. The number of halogens is 1. The van der Waals surface area contributed by atoms with E-state index in [1.165, 1.54) is 25.7 Å². The smallest absolute Gasteiger partial charge is 0.133 e. The quantitative estimate of drug-likeness (QED) is 0.828. The number of hydrogen-bond donors (Lipinski definition) is 2. The van der Waals surface area contributed by atoms with Crippen LogP contribution < -0.4 is 11.1 Å². The normalized spacial score (nSPS) is 24.6. The fourth-order valence-electron chi connectivity index (χ4n) is 2.29. The molecule has 2 rings (SSSR count). The first-order chi connectivity index (χ1) is 8.17. The lowest BCUT2D eigenvalue weighted by Crippen LogP contribution is -2.28. The molecule has 0 radical (unpaired) electrons. The highest BCUT2D eigenvalue weighted by atomic mass is 35.5.